The van der Waals surface area contributed by atoms with Crippen molar-refractivity contribution < 1.29 is 23.0 Å². The Kier molecular flexibility index (Phi) is 6.87. The molecule has 0 spiro atoms. The number of alkyl halides is 2. The van der Waals surface area contributed by atoms with E-state index in [4.69, 9.17) is 10.5 Å². The molecule has 0 bridgehead atoms. The van der Waals surface area contributed by atoms with E-state index in [0.717, 1.165) is 0 Å². The van der Waals surface area contributed by atoms with Crippen LogP contribution in [0.1, 0.15) is 25.8 Å². The summed E-state index contributed by atoms with van der Waals surface area (Å²) in [7, 11) is 0. The average molecular weight is 302 g/mol. The minimum absolute atomic E-state index is 0.0598. The number of ether oxygens (including phenoxy) is 2. The quantitative estimate of drug-likeness (QED) is 0.770. The number of hydrogen-bond donors (Lipinski definition) is 2. The standard InChI is InChI=1S/C14H20F2N2O3/c1-3-20-11-6-4-5-10(13(11)21-14(15)16)8-18-12(19)7-9(2)17/h4-6,9,14H,3,7-8,17H2,1-2H3,(H,18,19). The van der Waals surface area contributed by atoms with Gasteiger partial charge in [-0.3, -0.25) is 4.79 Å². The molecule has 0 saturated carbocycles. The Hall–Kier alpha value is -1.89. The predicted molar refractivity (Wildman–Crippen MR) is 74.4 cm³/mol. The molecule has 1 unspecified atom stereocenters. The summed E-state index contributed by atoms with van der Waals surface area (Å²) >= 11 is 0. The monoisotopic (exact) mass is 302 g/mol. The Morgan fingerprint density at radius 1 is 1.43 bits per heavy atom. The molecule has 1 aromatic carbocycles. The highest BCUT2D eigenvalue weighted by molar-refractivity contribution is 5.76. The molecule has 3 N–H and O–H groups in total. The van der Waals surface area contributed by atoms with Crippen molar-refractivity contribution in [3.63, 3.8) is 0 Å². The molecule has 5 nitrogen and oxygen atoms in total. The first-order valence-electron chi connectivity index (χ1n) is 6.65. The number of rotatable bonds is 8. The van der Waals surface area contributed by atoms with Crippen molar-refractivity contribution in [1.29, 1.82) is 0 Å². The molecule has 0 aromatic heterocycles. The number of amides is 1. The van der Waals surface area contributed by atoms with Crippen molar-refractivity contribution in [3.8, 4) is 11.5 Å². The third kappa shape index (κ3) is 5.95. The summed E-state index contributed by atoms with van der Waals surface area (Å²) in [6.07, 6.45) is 0.163. The van der Waals surface area contributed by atoms with Gasteiger partial charge in [-0.15, -0.1) is 0 Å². The second kappa shape index (κ2) is 8.41. The van der Waals surface area contributed by atoms with Crippen LogP contribution >= 0.6 is 0 Å². The summed E-state index contributed by atoms with van der Waals surface area (Å²) in [6.45, 7) is 0.864. The van der Waals surface area contributed by atoms with Gasteiger partial charge in [0.1, 0.15) is 0 Å². The summed E-state index contributed by atoms with van der Waals surface area (Å²) in [5, 5.41) is 2.61. The molecule has 0 fully saturated rings. The topological polar surface area (TPSA) is 73.6 Å². The molecule has 7 heteroatoms. The number of halogens is 2. The number of para-hydroxylation sites is 1. The molecule has 0 aliphatic carbocycles. The number of nitrogens with one attached hydrogen (secondary N) is 1. The number of nitrogens with two attached hydrogens (primary N) is 1. The van der Waals surface area contributed by atoms with Gasteiger partial charge in [0.15, 0.2) is 11.5 Å². The summed E-state index contributed by atoms with van der Waals surface area (Å²) in [6, 6.07) is 4.51. The lowest BCUT2D eigenvalue weighted by molar-refractivity contribution is -0.121. The van der Waals surface area contributed by atoms with Gasteiger partial charge >= 0.3 is 6.61 Å². The fourth-order valence-electron chi connectivity index (χ4n) is 1.75. The van der Waals surface area contributed by atoms with E-state index in [1.807, 2.05) is 0 Å². The Morgan fingerprint density at radius 2 is 2.14 bits per heavy atom. The highest BCUT2D eigenvalue weighted by Gasteiger charge is 2.16. The fourth-order valence-corrected chi connectivity index (χ4v) is 1.75. The van der Waals surface area contributed by atoms with Gasteiger partial charge in [-0.05, 0) is 19.9 Å². The van der Waals surface area contributed by atoms with Crippen molar-refractivity contribution in [1.82, 2.24) is 5.32 Å². The Morgan fingerprint density at radius 3 is 2.71 bits per heavy atom. The second-order valence-electron chi connectivity index (χ2n) is 4.51. The minimum atomic E-state index is -2.97. The Balaban J connectivity index is 2.84. The molecular formula is C14H20F2N2O3. The van der Waals surface area contributed by atoms with E-state index in [1.54, 1.807) is 26.0 Å². The first kappa shape index (κ1) is 17.2. The van der Waals surface area contributed by atoms with Gasteiger partial charge in [0.05, 0.1) is 6.61 Å². The smallest absolute Gasteiger partial charge is 0.387 e. The Bertz CT molecular complexity index is 468. The van der Waals surface area contributed by atoms with Crippen LogP contribution in [0.5, 0.6) is 11.5 Å². The number of carbonyl (C=O) groups excluding carboxylic acids is 1. The van der Waals surface area contributed by atoms with E-state index in [9.17, 15) is 13.6 Å². The highest BCUT2D eigenvalue weighted by Crippen LogP contribution is 2.32. The number of benzene rings is 1. The normalized spacial score (nSPS) is 12.1. The zero-order valence-electron chi connectivity index (χ0n) is 12.1. The number of hydrogen-bond acceptors (Lipinski definition) is 4. The van der Waals surface area contributed by atoms with Crippen LogP contribution in [0, 0.1) is 0 Å². The average Bonchev–Trinajstić information content (AvgIpc) is 2.38. The maximum Gasteiger partial charge on any atom is 0.387 e. The van der Waals surface area contributed by atoms with Crippen LogP contribution in [0.2, 0.25) is 0 Å². The molecule has 21 heavy (non-hydrogen) atoms. The maximum absolute atomic E-state index is 12.5. The van der Waals surface area contributed by atoms with Crippen molar-refractivity contribution in [3.05, 3.63) is 23.8 Å². The summed E-state index contributed by atoms with van der Waals surface area (Å²) in [5.41, 5.74) is 5.93. The molecule has 1 aromatic rings. The molecule has 118 valence electrons. The van der Waals surface area contributed by atoms with Crippen molar-refractivity contribution in [2.45, 2.75) is 39.5 Å². The summed E-state index contributed by atoms with van der Waals surface area (Å²) in [4.78, 5) is 11.6. The van der Waals surface area contributed by atoms with Crippen LogP contribution < -0.4 is 20.5 Å². The van der Waals surface area contributed by atoms with Crippen molar-refractivity contribution >= 4 is 5.91 Å². The van der Waals surface area contributed by atoms with Gasteiger partial charge in [0, 0.05) is 24.6 Å². The van der Waals surface area contributed by atoms with Gasteiger partial charge in [-0.25, -0.2) is 0 Å². The lowest BCUT2D eigenvalue weighted by Crippen LogP contribution is -2.29. The number of carbonyl (C=O) groups is 1. The van der Waals surface area contributed by atoms with Crippen LogP contribution in [0.3, 0.4) is 0 Å². The van der Waals surface area contributed by atoms with E-state index >= 15 is 0 Å². The second-order valence-corrected chi connectivity index (χ2v) is 4.51. The molecule has 1 rings (SSSR count). The largest absolute Gasteiger partial charge is 0.490 e. The molecule has 0 aliphatic heterocycles. The first-order chi connectivity index (χ1) is 9.93. The van der Waals surface area contributed by atoms with Crippen LogP contribution in [-0.2, 0) is 11.3 Å². The molecule has 0 saturated heterocycles. The van der Waals surface area contributed by atoms with Crippen LogP contribution in [0.25, 0.3) is 0 Å². The zero-order valence-corrected chi connectivity index (χ0v) is 12.1. The molecular weight excluding hydrogens is 282 g/mol. The maximum atomic E-state index is 12.5. The molecule has 0 radical (unpaired) electrons. The molecule has 1 amide bonds. The van der Waals surface area contributed by atoms with Crippen molar-refractivity contribution in [2.75, 3.05) is 6.61 Å². The van der Waals surface area contributed by atoms with E-state index in [-0.39, 0.29) is 36.4 Å². The molecule has 1 atom stereocenters. The lowest BCUT2D eigenvalue weighted by Gasteiger charge is -2.16. The molecule has 0 aliphatic rings. The van der Waals surface area contributed by atoms with E-state index in [1.165, 1.54) is 6.07 Å². The van der Waals surface area contributed by atoms with Crippen LogP contribution in [-0.4, -0.2) is 25.2 Å². The summed E-state index contributed by atoms with van der Waals surface area (Å²) in [5.74, 6) is -0.0954. The van der Waals surface area contributed by atoms with Crippen LogP contribution in [0.4, 0.5) is 8.78 Å². The highest BCUT2D eigenvalue weighted by atomic mass is 19.3. The van der Waals surface area contributed by atoms with E-state index < -0.39 is 6.61 Å². The van der Waals surface area contributed by atoms with Gasteiger partial charge in [0.2, 0.25) is 5.91 Å². The first-order valence-corrected chi connectivity index (χ1v) is 6.65. The van der Waals surface area contributed by atoms with Gasteiger partial charge in [-0.1, -0.05) is 12.1 Å². The van der Waals surface area contributed by atoms with E-state index in [0.29, 0.717) is 12.2 Å². The van der Waals surface area contributed by atoms with Gasteiger partial charge in [-0.2, -0.15) is 8.78 Å². The Labute approximate surface area is 122 Å². The third-order valence-electron chi connectivity index (χ3n) is 2.55. The minimum Gasteiger partial charge on any atom is -0.490 e. The zero-order chi connectivity index (χ0) is 15.8. The van der Waals surface area contributed by atoms with E-state index in [2.05, 4.69) is 10.1 Å². The summed E-state index contributed by atoms with van der Waals surface area (Å²) < 4.78 is 34.8. The predicted octanol–water partition coefficient (Wildman–Crippen LogP) is 2.04. The molecule has 0 heterocycles. The van der Waals surface area contributed by atoms with Gasteiger partial charge in [0.25, 0.3) is 0 Å². The van der Waals surface area contributed by atoms with Crippen LogP contribution in [0.15, 0.2) is 18.2 Å². The lowest BCUT2D eigenvalue weighted by atomic mass is 10.1. The SMILES string of the molecule is CCOc1cccc(CNC(=O)CC(C)N)c1OC(F)F. The van der Waals surface area contributed by atoms with Crippen molar-refractivity contribution in [2.24, 2.45) is 5.73 Å². The van der Waals surface area contributed by atoms with Gasteiger partial charge < -0.3 is 20.5 Å². The fraction of sp³-hybridized carbons (Fsp3) is 0.500. The third-order valence-corrected chi connectivity index (χ3v) is 2.55.